The molecule has 0 saturated carbocycles. The Balaban J connectivity index is 2.34. The lowest BCUT2D eigenvalue weighted by molar-refractivity contribution is -0.121. The van der Waals surface area contributed by atoms with Crippen LogP contribution in [-0.2, 0) is 9.59 Å². The van der Waals surface area contributed by atoms with Gasteiger partial charge in [0.05, 0.1) is 12.0 Å². The van der Waals surface area contributed by atoms with Crippen molar-refractivity contribution in [2.75, 3.05) is 11.9 Å². The van der Waals surface area contributed by atoms with E-state index in [0.717, 1.165) is 11.4 Å². The molecule has 1 aliphatic rings. The molecule has 0 N–H and O–H groups in total. The minimum Gasteiger partial charge on any atom is -0.347 e. The zero-order valence-electron chi connectivity index (χ0n) is 9.36. The molecule has 0 aromatic heterocycles. The Labute approximate surface area is 94.4 Å². The number of carbonyl (C=O) groups is 2. The number of benzene rings is 1. The Kier molecular flexibility index (Phi) is 2.60. The molecule has 2 rings (SSSR count). The predicted molar refractivity (Wildman–Crippen MR) is 62.2 cm³/mol. The van der Waals surface area contributed by atoms with Gasteiger partial charge in [-0.25, -0.2) is 0 Å². The second-order valence-electron chi connectivity index (χ2n) is 3.87. The van der Waals surface area contributed by atoms with Crippen LogP contribution in [0.5, 0.6) is 0 Å². The molecule has 0 saturated heterocycles. The highest BCUT2D eigenvalue weighted by Gasteiger charge is 2.32. The summed E-state index contributed by atoms with van der Waals surface area (Å²) in [6.45, 7) is 1.44. The van der Waals surface area contributed by atoms with Crippen LogP contribution in [0.25, 0.3) is 0 Å². The highest BCUT2D eigenvalue weighted by atomic mass is 16.1. The van der Waals surface area contributed by atoms with Crippen LogP contribution in [0.4, 0.5) is 5.69 Å². The van der Waals surface area contributed by atoms with Crippen LogP contribution < -0.4 is 4.90 Å². The molecular weight excluding hydrogens is 202 g/mol. The molecule has 3 nitrogen and oxygen atoms in total. The fourth-order valence-electron chi connectivity index (χ4n) is 1.88. The molecule has 16 heavy (non-hydrogen) atoms. The summed E-state index contributed by atoms with van der Waals surface area (Å²) in [5, 5.41) is 0. The summed E-state index contributed by atoms with van der Waals surface area (Å²) < 4.78 is 0. The number of Topliss-reactive ketones (excluding diaryl/α,β-unsaturated/α-hetero) is 2. The summed E-state index contributed by atoms with van der Waals surface area (Å²) in [5.74, 6) is -0.195. The Morgan fingerprint density at radius 1 is 1.25 bits per heavy atom. The van der Waals surface area contributed by atoms with Crippen molar-refractivity contribution in [2.45, 2.75) is 13.3 Å². The van der Waals surface area contributed by atoms with E-state index >= 15 is 0 Å². The second-order valence-corrected chi connectivity index (χ2v) is 3.87. The molecule has 0 spiro atoms. The van der Waals surface area contributed by atoms with Crippen molar-refractivity contribution < 1.29 is 9.59 Å². The molecule has 1 aliphatic carbocycles. The summed E-state index contributed by atoms with van der Waals surface area (Å²) in [6.07, 6.45) is 0.361. The van der Waals surface area contributed by atoms with Crippen LogP contribution >= 0.6 is 0 Å². The van der Waals surface area contributed by atoms with E-state index in [1.807, 2.05) is 42.3 Å². The fourth-order valence-corrected chi connectivity index (χ4v) is 1.88. The molecular formula is C13H13NO2. The quantitative estimate of drug-likeness (QED) is 0.723. The van der Waals surface area contributed by atoms with E-state index in [1.165, 1.54) is 6.92 Å². The molecule has 0 bridgehead atoms. The van der Waals surface area contributed by atoms with Crippen molar-refractivity contribution >= 4 is 17.3 Å². The van der Waals surface area contributed by atoms with E-state index in [4.69, 9.17) is 0 Å². The zero-order valence-corrected chi connectivity index (χ0v) is 9.36. The smallest absolute Gasteiger partial charge is 0.174 e. The lowest BCUT2D eigenvalue weighted by Crippen LogP contribution is -2.33. The van der Waals surface area contributed by atoms with E-state index in [0.29, 0.717) is 12.0 Å². The van der Waals surface area contributed by atoms with Gasteiger partial charge in [0.1, 0.15) is 0 Å². The molecule has 0 fully saturated rings. The third-order valence-corrected chi connectivity index (χ3v) is 2.80. The van der Waals surface area contributed by atoms with E-state index in [1.54, 1.807) is 0 Å². The van der Waals surface area contributed by atoms with Crippen molar-refractivity contribution in [3.8, 4) is 0 Å². The molecule has 0 atom stereocenters. The summed E-state index contributed by atoms with van der Waals surface area (Å²) >= 11 is 0. The van der Waals surface area contributed by atoms with Crippen LogP contribution in [-0.4, -0.2) is 18.6 Å². The van der Waals surface area contributed by atoms with Crippen LogP contribution in [0.15, 0.2) is 41.6 Å². The largest absolute Gasteiger partial charge is 0.347 e. The second kappa shape index (κ2) is 3.93. The minimum absolute atomic E-state index is 0.0507. The molecule has 3 heteroatoms. The molecule has 0 unspecified atom stereocenters. The van der Waals surface area contributed by atoms with E-state index in [9.17, 15) is 9.59 Å². The average molecular weight is 215 g/mol. The van der Waals surface area contributed by atoms with Crippen molar-refractivity contribution in [2.24, 2.45) is 0 Å². The van der Waals surface area contributed by atoms with Gasteiger partial charge in [-0.2, -0.15) is 0 Å². The molecule has 82 valence electrons. The monoisotopic (exact) mass is 215 g/mol. The summed E-state index contributed by atoms with van der Waals surface area (Å²) in [6, 6.07) is 9.70. The summed E-state index contributed by atoms with van der Waals surface area (Å²) in [7, 11) is 1.88. The SMILES string of the molecule is CC(=O)C1=C(N(C)c2ccccc2)CC1=O. The lowest BCUT2D eigenvalue weighted by atomic mass is 9.88. The highest BCUT2D eigenvalue weighted by Crippen LogP contribution is 2.30. The van der Waals surface area contributed by atoms with E-state index < -0.39 is 0 Å². The number of ketones is 2. The topological polar surface area (TPSA) is 37.4 Å². The number of carbonyl (C=O) groups excluding carboxylic acids is 2. The number of nitrogens with zero attached hydrogens (tertiary/aromatic N) is 1. The molecule has 0 heterocycles. The van der Waals surface area contributed by atoms with Gasteiger partial charge in [0, 0.05) is 18.4 Å². The van der Waals surface area contributed by atoms with Gasteiger partial charge in [0.15, 0.2) is 11.6 Å². The number of anilines is 1. The number of rotatable bonds is 3. The average Bonchev–Trinajstić information content (AvgIpc) is 2.25. The van der Waals surface area contributed by atoms with Gasteiger partial charge in [-0.05, 0) is 19.1 Å². The van der Waals surface area contributed by atoms with Crippen LogP contribution in [0.3, 0.4) is 0 Å². The number of hydrogen-bond acceptors (Lipinski definition) is 3. The Hall–Kier alpha value is -1.90. The first-order valence-electron chi connectivity index (χ1n) is 5.17. The van der Waals surface area contributed by atoms with Crippen molar-refractivity contribution in [1.82, 2.24) is 0 Å². The summed E-state index contributed by atoms with van der Waals surface area (Å²) in [4.78, 5) is 24.5. The zero-order chi connectivity index (χ0) is 11.7. The molecule has 1 aromatic rings. The number of allylic oxidation sites excluding steroid dienone is 2. The van der Waals surface area contributed by atoms with Gasteiger partial charge in [0.2, 0.25) is 0 Å². The Bertz CT molecular complexity index is 474. The molecule has 0 amide bonds. The first kappa shape index (κ1) is 10.6. The van der Waals surface area contributed by atoms with Gasteiger partial charge >= 0.3 is 0 Å². The number of hydrogen-bond donors (Lipinski definition) is 0. The van der Waals surface area contributed by atoms with Crippen molar-refractivity contribution in [3.05, 3.63) is 41.6 Å². The summed E-state index contributed by atoms with van der Waals surface area (Å²) in [5.41, 5.74) is 2.17. The van der Waals surface area contributed by atoms with Crippen molar-refractivity contribution in [3.63, 3.8) is 0 Å². The third kappa shape index (κ3) is 1.65. The molecule has 1 aromatic carbocycles. The highest BCUT2D eigenvalue weighted by molar-refractivity contribution is 6.25. The van der Waals surface area contributed by atoms with E-state index in [2.05, 4.69) is 0 Å². The minimum atomic E-state index is -0.144. The normalized spacial score (nSPS) is 14.8. The third-order valence-electron chi connectivity index (χ3n) is 2.80. The van der Waals surface area contributed by atoms with Crippen molar-refractivity contribution in [1.29, 1.82) is 0 Å². The lowest BCUT2D eigenvalue weighted by Gasteiger charge is -2.30. The van der Waals surface area contributed by atoms with Gasteiger partial charge in [-0.3, -0.25) is 9.59 Å². The van der Waals surface area contributed by atoms with Gasteiger partial charge in [0.25, 0.3) is 0 Å². The van der Waals surface area contributed by atoms with Gasteiger partial charge in [-0.1, -0.05) is 18.2 Å². The van der Waals surface area contributed by atoms with Gasteiger partial charge in [-0.15, -0.1) is 0 Å². The van der Waals surface area contributed by atoms with Gasteiger partial charge < -0.3 is 4.90 Å². The first-order valence-corrected chi connectivity index (χ1v) is 5.17. The Morgan fingerprint density at radius 3 is 2.38 bits per heavy atom. The number of para-hydroxylation sites is 1. The maximum atomic E-state index is 11.3. The standard InChI is InChI=1S/C13H13NO2/c1-9(15)13-11(8-12(13)16)14(2)10-6-4-3-5-7-10/h3-7H,8H2,1-2H3. The van der Waals surface area contributed by atoms with Crippen LogP contribution in [0.1, 0.15) is 13.3 Å². The Morgan fingerprint density at radius 2 is 1.88 bits per heavy atom. The van der Waals surface area contributed by atoms with Crippen LogP contribution in [0.2, 0.25) is 0 Å². The molecule has 0 aliphatic heterocycles. The molecule has 0 radical (unpaired) electrons. The fraction of sp³-hybridized carbons (Fsp3) is 0.231. The maximum absolute atomic E-state index is 11.3. The van der Waals surface area contributed by atoms with Crippen LogP contribution in [0, 0.1) is 0 Å². The predicted octanol–water partition coefficient (Wildman–Crippen LogP) is 1.94. The maximum Gasteiger partial charge on any atom is 0.174 e. The van der Waals surface area contributed by atoms with E-state index in [-0.39, 0.29) is 11.6 Å². The first-order chi connectivity index (χ1) is 7.61.